The van der Waals surface area contributed by atoms with Gasteiger partial charge in [-0.1, -0.05) is 30.3 Å². The van der Waals surface area contributed by atoms with Crippen LogP contribution in [0.5, 0.6) is 0 Å². The van der Waals surface area contributed by atoms with Gasteiger partial charge in [0.15, 0.2) is 0 Å². The molecule has 0 saturated carbocycles. The molecular formula is C19H22N4O2. The van der Waals surface area contributed by atoms with Crippen LogP contribution in [0.3, 0.4) is 0 Å². The number of piperazine rings is 1. The molecular weight excluding hydrogens is 316 g/mol. The van der Waals surface area contributed by atoms with Gasteiger partial charge in [0.05, 0.1) is 24.1 Å². The van der Waals surface area contributed by atoms with Crippen LogP contribution in [-0.4, -0.2) is 47.9 Å². The second-order valence-corrected chi connectivity index (χ2v) is 6.42. The van der Waals surface area contributed by atoms with Crippen LogP contribution in [0, 0.1) is 0 Å². The highest BCUT2D eigenvalue weighted by Gasteiger charge is 2.27. The fourth-order valence-corrected chi connectivity index (χ4v) is 3.10. The lowest BCUT2D eigenvalue weighted by Crippen LogP contribution is -2.53. The summed E-state index contributed by atoms with van der Waals surface area (Å²) in [5.41, 5.74) is 7.89. The van der Waals surface area contributed by atoms with Crippen molar-refractivity contribution in [3.63, 3.8) is 0 Å². The van der Waals surface area contributed by atoms with Crippen LogP contribution in [0.4, 0.5) is 5.69 Å². The van der Waals surface area contributed by atoms with Crippen LogP contribution in [0.1, 0.15) is 24.1 Å². The van der Waals surface area contributed by atoms with E-state index in [0.29, 0.717) is 12.2 Å². The number of hydrogen-bond donors (Lipinski definition) is 1. The van der Waals surface area contributed by atoms with Gasteiger partial charge in [-0.25, -0.2) is 0 Å². The molecule has 1 saturated heterocycles. The molecule has 1 aliphatic heterocycles. The Morgan fingerprint density at radius 2 is 1.96 bits per heavy atom. The zero-order valence-electron chi connectivity index (χ0n) is 14.4. The van der Waals surface area contributed by atoms with Crippen molar-refractivity contribution in [3.05, 3.63) is 59.9 Å². The highest BCUT2D eigenvalue weighted by atomic mass is 16.2. The lowest BCUT2D eigenvalue weighted by molar-refractivity contribution is -0.131. The number of nitrogens with zero attached hydrogens (tertiary/aromatic N) is 3. The zero-order valence-corrected chi connectivity index (χ0v) is 14.4. The number of nitrogens with two attached hydrogens (primary N) is 1. The third-order valence-corrected chi connectivity index (χ3v) is 4.71. The predicted molar refractivity (Wildman–Crippen MR) is 96.2 cm³/mol. The molecule has 2 aromatic rings. The number of hydrogen-bond acceptors (Lipinski definition) is 4. The van der Waals surface area contributed by atoms with Gasteiger partial charge in [-0.2, -0.15) is 0 Å². The van der Waals surface area contributed by atoms with E-state index in [0.717, 1.165) is 17.8 Å². The molecule has 1 aromatic carbocycles. The van der Waals surface area contributed by atoms with Gasteiger partial charge in [0.1, 0.15) is 5.92 Å². The van der Waals surface area contributed by atoms with Gasteiger partial charge in [0.25, 0.3) is 0 Å². The van der Waals surface area contributed by atoms with E-state index < -0.39 is 11.8 Å². The molecule has 6 heteroatoms. The van der Waals surface area contributed by atoms with Crippen molar-refractivity contribution in [2.45, 2.75) is 18.9 Å². The van der Waals surface area contributed by atoms with E-state index in [1.165, 1.54) is 0 Å². The molecule has 6 nitrogen and oxygen atoms in total. The second kappa shape index (κ2) is 6.93. The quantitative estimate of drug-likeness (QED) is 0.913. The smallest absolute Gasteiger partial charge is 0.242 e. The first-order chi connectivity index (χ1) is 12.0. The molecule has 0 spiro atoms. The maximum atomic E-state index is 12.0. The number of aromatic nitrogens is 1. The van der Waals surface area contributed by atoms with Crippen LogP contribution >= 0.6 is 0 Å². The number of benzene rings is 1. The molecule has 2 atom stereocenters. The molecule has 1 aromatic heterocycles. The Balaban J connectivity index is 1.84. The molecule has 0 bridgehead atoms. The summed E-state index contributed by atoms with van der Waals surface area (Å²) in [5, 5.41) is 0. The van der Waals surface area contributed by atoms with Crippen molar-refractivity contribution in [1.82, 2.24) is 9.88 Å². The number of pyridine rings is 1. The molecule has 2 N–H and O–H groups in total. The van der Waals surface area contributed by atoms with Crippen molar-refractivity contribution in [2.75, 3.05) is 25.0 Å². The summed E-state index contributed by atoms with van der Waals surface area (Å²) in [6.45, 7) is 3.10. The van der Waals surface area contributed by atoms with Gasteiger partial charge in [-0.3, -0.25) is 14.6 Å². The summed E-state index contributed by atoms with van der Waals surface area (Å²) in [7, 11) is 1.82. The van der Waals surface area contributed by atoms with Crippen molar-refractivity contribution in [2.24, 2.45) is 5.73 Å². The first kappa shape index (κ1) is 17.0. The Hall–Kier alpha value is -2.89. The largest absolute Gasteiger partial charge is 0.369 e. The van der Waals surface area contributed by atoms with E-state index in [2.05, 4.69) is 4.98 Å². The topological polar surface area (TPSA) is 79.5 Å². The van der Waals surface area contributed by atoms with Crippen LogP contribution in [0.25, 0.3) is 0 Å². The number of carbonyl (C=O) groups is 2. The lowest BCUT2D eigenvalue weighted by Gasteiger charge is -2.38. The van der Waals surface area contributed by atoms with E-state index in [1.807, 2.05) is 61.3 Å². The van der Waals surface area contributed by atoms with E-state index in [4.69, 9.17) is 5.73 Å². The van der Waals surface area contributed by atoms with Crippen molar-refractivity contribution in [1.29, 1.82) is 0 Å². The monoisotopic (exact) mass is 338 g/mol. The van der Waals surface area contributed by atoms with Crippen LogP contribution in [0.15, 0.2) is 48.7 Å². The Morgan fingerprint density at radius 3 is 2.52 bits per heavy atom. The van der Waals surface area contributed by atoms with Gasteiger partial charge in [-0.15, -0.1) is 0 Å². The number of amides is 2. The van der Waals surface area contributed by atoms with E-state index >= 15 is 0 Å². The predicted octanol–water partition coefficient (Wildman–Crippen LogP) is 1.37. The number of likely N-dealkylation sites (N-methyl/N-ethyl adjacent to an activating group) is 1. The van der Waals surface area contributed by atoms with E-state index in [1.54, 1.807) is 11.1 Å². The third-order valence-electron chi connectivity index (χ3n) is 4.71. The maximum absolute atomic E-state index is 12.0. The lowest BCUT2D eigenvalue weighted by atomic mass is 9.94. The molecule has 1 fully saturated rings. The van der Waals surface area contributed by atoms with E-state index in [-0.39, 0.29) is 11.9 Å². The first-order valence-electron chi connectivity index (χ1n) is 8.28. The Morgan fingerprint density at radius 1 is 1.24 bits per heavy atom. The molecule has 2 unspecified atom stereocenters. The fraction of sp³-hybridized carbons (Fsp3) is 0.316. The summed E-state index contributed by atoms with van der Waals surface area (Å²) in [5.74, 6) is -0.930. The molecule has 3 rings (SSSR count). The van der Waals surface area contributed by atoms with Crippen LogP contribution in [0.2, 0.25) is 0 Å². The number of anilines is 1. The number of primary amides is 1. The SMILES string of the molecule is CC1CN(c2ccc(C(C(N)=O)c3ccccc3)nc2)CC(=O)N1C. The van der Waals surface area contributed by atoms with Gasteiger partial charge in [0.2, 0.25) is 11.8 Å². The average molecular weight is 338 g/mol. The standard InChI is InChI=1S/C19H22N4O2/c1-13-11-23(12-17(24)22(13)2)15-8-9-16(21-10-15)18(19(20)25)14-6-4-3-5-7-14/h3-10,13,18H,11-12H2,1-2H3,(H2,20,25). The third kappa shape index (κ3) is 3.47. The molecule has 130 valence electrons. The van der Waals surface area contributed by atoms with Crippen molar-refractivity contribution >= 4 is 17.5 Å². The summed E-state index contributed by atoms with van der Waals surface area (Å²) in [4.78, 5) is 32.2. The minimum atomic E-state index is -0.580. The van der Waals surface area contributed by atoms with Crippen molar-refractivity contribution < 1.29 is 9.59 Å². The highest BCUT2D eigenvalue weighted by molar-refractivity contribution is 5.85. The molecule has 2 amide bonds. The number of rotatable bonds is 4. The molecule has 0 aliphatic carbocycles. The van der Waals surface area contributed by atoms with Gasteiger partial charge < -0.3 is 15.5 Å². The fourth-order valence-electron chi connectivity index (χ4n) is 3.10. The molecule has 0 radical (unpaired) electrons. The van der Waals surface area contributed by atoms with E-state index in [9.17, 15) is 9.59 Å². The van der Waals surface area contributed by atoms with Gasteiger partial charge in [-0.05, 0) is 24.6 Å². The van der Waals surface area contributed by atoms with Crippen LogP contribution < -0.4 is 10.6 Å². The molecule has 2 heterocycles. The summed E-state index contributed by atoms with van der Waals surface area (Å²) < 4.78 is 0. The van der Waals surface area contributed by atoms with Gasteiger partial charge >= 0.3 is 0 Å². The summed E-state index contributed by atoms with van der Waals surface area (Å²) >= 11 is 0. The maximum Gasteiger partial charge on any atom is 0.242 e. The Bertz CT molecular complexity index is 761. The van der Waals surface area contributed by atoms with Gasteiger partial charge in [0, 0.05) is 19.6 Å². The highest BCUT2D eigenvalue weighted by Crippen LogP contribution is 2.25. The Labute approximate surface area is 147 Å². The second-order valence-electron chi connectivity index (χ2n) is 6.42. The number of carbonyl (C=O) groups excluding carboxylic acids is 2. The summed E-state index contributed by atoms with van der Waals surface area (Å²) in [6.07, 6.45) is 1.71. The minimum Gasteiger partial charge on any atom is -0.369 e. The Kier molecular flexibility index (Phi) is 4.70. The summed E-state index contributed by atoms with van der Waals surface area (Å²) in [6, 6.07) is 13.2. The molecule has 25 heavy (non-hydrogen) atoms. The minimum absolute atomic E-state index is 0.0853. The molecule has 1 aliphatic rings. The average Bonchev–Trinajstić information content (AvgIpc) is 2.61. The normalized spacial score (nSPS) is 19.0. The first-order valence-corrected chi connectivity index (χ1v) is 8.28. The zero-order chi connectivity index (χ0) is 18.0. The van der Waals surface area contributed by atoms with Crippen LogP contribution in [-0.2, 0) is 9.59 Å². The van der Waals surface area contributed by atoms with Crippen molar-refractivity contribution in [3.8, 4) is 0 Å².